The van der Waals surface area contributed by atoms with Gasteiger partial charge in [0.2, 0.25) is 0 Å². The van der Waals surface area contributed by atoms with Crippen molar-refractivity contribution in [3.63, 3.8) is 0 Å². The van der Waals surface area contributed by atoms with Crippen molar-refractivity contribution in [1.29, 1.82) is 0 Å². The molecule has 0 radical (unpaired) electrons. The number of nitrogens with one attached hydrogen (secondary N) is 2. The number of nitrogens with zero attached hydrogens (tertiary/aromatic N) is 4. The Morgan fingerprint density at radius 2 is 1.00 bits per heavy atom. The lowest BCUT2D eigenvalue weighted by molar-refractivity contribution is 0.474. The quantitative estimate of drug-likeness (QED) is 0.289. The molecule has 0 saturated heterocycles. The fraction of sp³-hybridized carbons (Fsp3) is 0. The Kier molecular flexibility index (Phi) is 5.47. The molecular weight excluding hydrogens is 380 g/mol. The number of hydrazone groups is 2. The maximum Gasteiger partial charge on any atom is 0.192 e. The Labute approximate surface area is 172 Å². The summed E-state index contributed by atoms with van der Waals surface area (Å²) in [6.07, 6.45) is 2.97. The molecule has 0 amide bonds. The van der Waals surface area contributed by atoms with E-state index in [4.69, 9.17) is 0 Å². The maximum atomic E-state index is 9.85. The zero-order chi connectivity index (χ0) is 20.8. The third-order valence-electron chi connectivity index (χ3n) is 4.19. The summed E-state index contributed by atoms with van der Waals surface area (Å²) in [5.74, 6) is 0.959. The van der Waals surface area contributed by atoms with Crippen LogP contribution in [0.2, 0.25) is 0 Å². The van der Waals surface area contributed by atoms with Crippen molar-refractivity contribution in [2.45, 2.75) is 0 Å². The molecule has 0 saturated carbocycles. The Morgan fingerprint density at radius 1 is 0.600 bits per heavy atom. The summed E-state index contributed by atoms with van der Waals surface area (Å²) in [5.41, 5.74) is 8.18. The molecule has 8 nitrogen and oxygen atoms in total. The number of benzene rings is 3. The number of phenols is 2. The van der Waals surface area contributed by atoms with E-state index in [1.165, 1.54) is 12.4 Å². The molecule has 4 N–H and O–H groups in total. The maximum absolute atomic E-state index is 9.85. The molecule has 0 unspecified atom stereocenters. The number of phenolic OH excluding ortho intramolecular Hbond substituents is 2. The van der Waals surface area contributed by atoms with Crippen LogP contribution in [0.5, 0.6) is 11.5 Å². The van der Waals surface area contributed by atoms with Crippen molar-refractivity contribution in [2.75, 3.05) is 10.9 Å². The van der Waals surface area contributed by atoms with E-state index in [0.29, 0.717) is 33.8 Å². The molecule has 1 heterocycles. The number of para-hydroxylation sites is 4. The van der Waals surface area contributed by atoms with Crippen LogP contribution in [0, 0.1) is 0 Å². The van der Waals surface area contributed by atoms with E-state index in [1.807, 2.05) is 24.3 Å². The molecule has 8 heteroatoms. The van der Waals surface area contributed by atoms with Gasteiger partial charge in [-0.1, -0.05) is 36.4 Å². The predicted molar refractivity (Wildman–Crippen MR) is 118 cm³/mol. The van der Waals surface area contributed by atoms with Gasteiger partial charge in [0.15, 0.2) is 11.6 Å². The van der Waals surface area contributed by atoms with Crippen LogP contribution in [0.25, 0.3) is 11.0 Å². The Balaban J connectivity index is 1.60. The molecule has 0 aliphatic heterocycles. The summed E-state index contributed by atoms with van der Waals surface area (Å²) in [5, 5.41) is 28.0. The Hall–Kier alpha value is -4.46. The van der Waals surface area contributed by atoms with E-state index in [2.05, 4.69) is 31.0 Å². The number of aromatic hydroxyl groups is 2. The molecule has 0 aliphatic carbocycles. The SMILES string of the molecule is Oc1ccccc1/C=N\Nc1nc2ccccc2nc1N/N=C\c1ccccc1O. The second-order valence-electron chi connectivity index (χ2n) is 6.27. The first-order valence-electron chi connectivity index (χ1n) is 9.11. The second-order valence-corrected chi connectivity index (χ2v) is 6.27. The van der Waals surface area contributed by atoms with Crippen LogP contribution < -0.4 is 10.9 Å². The fourth-order valence-electron chi connectivity index (χ4n) is 2.68. The highest BCUT2D eigenvalue weighted by molar-refractivity contribution is 5.86. The van der Waals surface area contributed by atoms with Crippen molar-refractivity contribution in [3.8, 4) is 11.5 Å². The summed E-state index contributed by atoms with van der Waals surface area (Å²) < 4.78 is 0. The van der Waals surface area contributed by atoms with Gasteiger partial charge in [0.25, 0.3) is 0 Å². The Bertz CT molecular complexity index is 1140. The van der Waals surface area contributed by atoms with Gasteiger partial charge in [-0.3, -0.25) is 10.9 Å². The molecular formula is C22H18N6O2. The highest BCUT2D eigenvalue weighted by Gasteiger charge is 2.08. The summed E-state index contributed by atoms with van der Waals surface area (Å²) in [4.78, 5) is 9.07. The van der Waals surface area contributed by atoms with Crippen molar-refractivity contribution in [3.05, 3.63) is 83.9 Å². The molecule has 0 spiro atoms. The van der Waals surface area contributed by atoms with Crippen molar-refractivity contribution in [2.24, 2.45) is 10.2 Å². The topological polar surface area (TPSA) is 115 Å². The van der Waals surface area contributed by atoms with Crippen LogP contribution in [0.3, 0.4) is 0 Å². The minimum Gasteiger partial charge on any atom is -0.507 e. The Morgan fingerprint density at radius 3 is 1.43 bits per heavy atom. The number of rotatable bonds is 6. The van der Waals surface area contributed by atoms with Crippen LogP contribution in [-0.2, 0) is 0 Å². The lowest BCUT2D eigenvalue weighted by Crippen LogP contribution is -2.03. The van der Waals surface area contributed by atoms with Gasteiger partial charge in [-0.15, -0.1) is 0 Å². The predicted octanol–water partition coefficient (Wildman–Crippen LogP) is 3.93. The molecule has 0 atom stereocenters. The first kappa shape index (κ1) is 18.9. The molecule has 0 aliphatic rings. The van der Waals surface area contributed by atoms with Gasteiger partial charge in [0.05, 0.1) is 23.5 Å². The van der Waals surface area contributed by atoms with E-state index >= 15 is 0 Å². The minimum absolute atomic E-state index is 0.123. The highest BCUT2D eigenvalue weighted by atomic mass is 16.3. The average molecular weight is 398 g/mol. The summed E-state index contributed by atoms with van der Waals surface area (Å²) in [6, 6.07) is 21.1. The second kappa shape index (κ2) is 8.70. The fourth-order valence-corrected chi connectivity index (χ4v) is 2.68. The smallest absolute Gasteiger partial charge is 0.192 e. The minimum atomic E-state index is 0.123. The molecule has 30 heavy (non-hydrogen) atoms. The molecule has 3 aromatic carbocycles. The number of hydrogen-bond acceptors (Lipinski definition) is 8. The van der Waals surface area contributed by atoms with Gasteiger partial charge >= 0.3 is 0 Å². The third kappa shape index (κ3) is 4.33. The van der Waals surface area contributed by atoms with E-state index in [1.54, 1.807) is 48.5 Å². The van der Waals surface area contributed by atoms with Gasteiger partial charge in [-0.05, 0) is 36.4 Å². The molecule has 4 aromatic rings. The van der Waals surface area contributed by atoms with Gasteiger partial charge in [0.1, 0.15) is 11.5 Å². The zero-order valence-corrected chi connectivity index (χ0v) is 15.8. The number of fused-ring (bicyclic) bond motifs is 1. The number of anilines is 2. The highest BCUT2D eigenvalue weighted by Crippen LogP contribution is 2.22. The first-order valence-corrected chi connectivity index (χ1v) is 9.11. The van der Waals surface area contributed by atoms with Gasteiger partial charge < -0.3 is 10.2 Å². The van der Waals surface area contributed by atoms with Crippen LogP contribution >= 0.6 is 0 Å². The van der Waals surface area contributed by atoms with E-state index in [-0.39, 0.29) is 11.5 Å². The summed E-state index contributed by atoms with van der Waals surface area (Å²) in [6.45, 7) is 0. The summed E-state index contributed by atoms with van der Waals surface area (Å²) >= 11 is 0. The summed E-state index contributed by atoms with van der Waals surface area (Å²) in [7, 11) is 0. The monoisotopic (exact) mass is 398 g/mol. The molecule has 0 fully saturated rings. The van der Waals surface area contributed by atoms with E-state index < -0.39 is 0 Å². The van der Waals surface area contributed by atoms with Crippen LogP contribution in [0.15, 0.2) is 83.0 Å². The first-order chi connectivity index (χ1) is 14.7. The van der Waals surface area contributed by atoms with Crippen molar-refractivity contribution in [1.82, 2.24) is 9.97 Å². The van der Waals surface area contributed by atoms with E-state index in [9.17, 15) is 10.2 Å². The third-order valence-corrected chi connectivity index (χ3v) is 4.19. The molecule has 4 rings (SSSR count). The molecule has 1 aromatic heterocycles. The number of aromatic nitrogens is 2. The average Bonchev–Trinajstić information content (AvgIpc) is 2.76. The molecule has 0 bridgehead atoms. The lowest BCUT2D eigenvalue weighted by atomic mass is 10.2. The van der Waals surface area contributed by atoms with Crippen LogP contribution in [0.4, 0.5) is 11.6 Å². The van der Waals surface area contributed by atoms with Gasteiger partial charge in [0, 0.05) is 11.1 Å². The largest absolute Gasteiger partial charge is 0.507 e. The van der Waals surface area contributed by atoms with E-state index in [0.717, 1.165) is 0 Å². The number of hydrogen-bond donors (Lipinski definition) is 4. The standard InChI is InChI=1S/C22H18N6O2/c29-19-11-5-1-7-15(19)13-23-27-21-22(26-18-10-4-3-9-17(18)25-21)28-24-14-16-8-2-6-12-20(16)30/h1-14,29-30H,(H,25,27)(H,26,28)/b23-13-,24-14-. The zero-order valence-electron chi connectivity index (χ0n) is 15.8. The lowest BCUT2D eigenvalue weighted by Gasteiger charge is -2.08. The molecule has 148 valence electrons. The van der Waals surface area contributed by atoms with Gasteiger partial charge in [-0.25, -0.2) is 9.97 Å². The van der Waals surface area contributed by atoms with Crippen LogP contribution in [-0.4, -0.2) is 32.6 Å². The van der Waals surface area contributed by atoms with Crippen LogP contribution in [0.1, 0.15) is 11.1 Å². The normalized spacial score (nSPS) is 11.3. The van der Waals surface area contributed by atoms with Crippen molar-refractivity contribution < 1.29 is 10.2 Å². The van der Waals surface area contributed by atoms with Crippen molar-refractivity contribution >= 4 is 35.1 Å². The van der Waals surface area contributed by atoms with Gasteiger partial charge in [-0.2, -0.15) is 10.2 Å².